The second-order valence-corrected chi connectivity index (χ2v) is 3.58. The molecule has 0 fully saturated rings. The van der Waals surface area contributed by atoms with E-state index in [0.29, 0.717) is 0 Å². The number of hydrogen-bond acceptors (Lipinski definition) is 1. The normalized spacial score (nSPS) is 10.6. The summed E-state index contributed by atoms with van der Waals surface area (Å²) < 4.78 is 15.2. The molecule has 2 nitrogen and oxygen atoms in total. The highest BCUT2D eigenvalue weighted by molar-refractivity contribution is 5.60. The lowest BCUT2D eigenvalue weighted by Crippen LogP contribution is -1.95. The fraction of sp³-hybridized carbons (Fsp3) is 0.250. The van der Waals surface area contributed by atoms with E-state index in [2.05, 4.69) is 4.98 Å². The molecule has 1 aromatic heterocycles. The Morgan fingerprint density at radius 1 is 1.33 bits per heavy atom. The van der Waals surface area contributed by atoms with Gasteiger partial charge in [0.25, 0.3) is 0 Å². The summed E-state index contributed by atoms with van der Waals surface area (Å²) in [5.74, 6) is -0.200. The van der Waals surface area contributed by atoms with Crippen LogP contribution in [0.15, 0.2) is 30.7 Å². The largest absolute Gasteiger partial charge is 0.331 e. The molecule has 0 amide bonds. The molecule has 2 aromatic rings. The van der Waals surface area contributed by atoms with Crippen LogP contribution < -0.4 is 0 Å². The minimum Gasteiger partial charge on any atom is -0.331 e. The molecular formula is C12H13FN2. The van der Waals surface area contributed by atoms with E-state index in [0.717, 1.165) is 23.4 Å². The third-order valence-electron chi connectivity index (χ3n) is 2.39. The first-order valence-electron chi connectivity index (χ1n) is 4.98. The van der Waals surface area contributed by atoms with Crippen LogP contribution in [-0.2, 0) is 6.54 Å². The van der Waals surface area contributed by atoms with Gasteiger partial charge in [0.15, 0.2) is 0 Å². The summed E-state index contributed by atoms with van der Waals surface area (Å²) in [5.41, 5.74) is 2.76. The Hall–Kier alpha value is -1.64. The van der Waals surface area contributed by atoms with Crippen molar-refractivity contribution in [2.75, 3.05) is 0 Å². The van der Waals surface area contributed by atoms with Gasteiger partial charge in [-0.15, -0.1) is 0 Å². The summed E-state index contributed by atoms with van der Waals surface area (Å²) in [6.07, 6.45) is 3.52. The third kappa shape index (κ3) is 1.91. The first kappa shape index (κ1) is 9.90. The monoisotopic (exact) mass is 204 g/mol. The van der Waals surface area contributed by atoms with Crippen LogP contribution in [0, 0.1) is 12.7 Å². The minimum absolute atomic E-state index is 0.200. The smallest absolute Gasteiger partial charge is 0.124 e. The highest BCUT2D eigenvalue weighted by Gasteiger charge is 2.05. The molecule has 1 heterocycles. The number of benzene rings is 1. The maximum atomic E-state index is 13.2. The number of nitrogens with zero attached hydrogens (tertiary/aromatic N) is 2. The first-order chi connectivity index (χ1) is 7.20. The summed E-state index contributed by atoms with van der Waals surface area (Å²) in [7, 11) is 0. The Labute approximate surface area is 88.4 Å². The molecule has 0 aliphatic carbocycles. The molecule has 0 unspecified atom stereocenters. The highest BCUT2D eigenvalue weighted by Crippen LogP contribution is 2.21. The van der Waals surface area contributed by atoms with Gasteiger partial charge >= 0.3 is 0 Å². The molecule has 0 spiro atoms. The SMILES string of the molecule is CCn1cncc1-c1cc(C)cc(F)c1. The van der Waals surface area contributed by atoms with Crippen molar-refractivity contribution in [3.63, 3.8) is 0 Å². The van der Waals surface area contributed by atoms with Gasteiger partial charge in [0.1, 0.15) is 5.82 Å². The van der Waals surface area contributed by atoms with Gasteiger partial charge in [-0.2, -0.15) is 0 Å². The van der Waals surface area contributed by atoms with E-state index in [1.165, 1.54) is 12.1 Å². The third-order valence-corrected chi connectivity index (χ3v) is 2.39. The van der Waals surface area contributed by atoms with Crippen LogP contribution in [0.5, 0.6) is 0 Å². The highest BCUT2D eigenvalue weighted by atomic mass is 19.1. The average Bonchev–Trinajstić information content (AvgIpc) is 2.63. The van der Waals surface area contributed by atoms with Crippen molar-refractivity contribution in [2.45, 2.75) is 20.4 Å². The second-order valence-electron chi connectivity index (χ2n) is 3.58. The molecule has 0 saturated heterocycles. The molecule has 78 valence electrons. The van der Waals surface area contributed by atoms with Crippen molar-refractivity contribution < 1.29 is 4.39 Å². The van der Waals surface area contributed by atoms with Crippen molar-refractivity contribution in [3.8, 4) is 11.3 Å². The summed E-state index contributed by atoms with van der Waals surface area (Å²) in [5, 5.41) is 0. The summed E-state index contributed by atoms with van der Waals surface area (Å²) in [4.78, 5) is 4.07. The molecule has 0 atom stereocenters. The average molecular weight is 204 g/mol. The van der Waals surface area contributed by atoms with Gasteiger partial charge in [0.05, 0.1) is 18.2 Å². The maximum absolute atomic E-state index is 13.2. The quantitative estimate of drug-likeness (QED) is 0.735. The van der Waals surface area contributed by atoms with Gasteiger partial charge in [-0.1, -0.05) is 0 Å². The zero-order valence-corrected chi connectivity index (χ0v) is 8.87. The lowest BCUT2D eigenvalue weighted by molar-refractivity contribution is 0.627. The lowest BCUT2D eigenvalue weighted by Gasteiger charge is -2.06. The first-order valence-corrected chi connectivity index (χ1v) is 4.98. The fourth-order valence-electron chi connectivity index (χ4n) is 1.70. The lowest BCUT2D eigenvalue weighted by atomic mass is 10.1. The molecular weight excluding hydrogens is 191 g/mol. The minimum atomic E-state index is -0.200. The van der Waals surface area contributed by atoms with E-state index in [4.69, 9.17) is 0 Å². The van der Waals surface area contributed by atoms with Gasteiger partial charge in [0, 0.05) is 12.1 Å². The van der Waals surface area contributed by atoms with Gasteiger partial charge < -0.3 is 4.57 Å². The van der Waals surface area contributed by atoms with Gasteiger partial charge in [-0.05, 0) is 37.6 Å². The fourth-order valence-corrected chi connectivity index (χ4v) is 1.70. The molecule has 15 heavy (non-hydrogen) atoms. The van der Waals surface area contributed by atoms with E-state index >= 15 is 0 Å². The van der Waals surface area contributed by atoms with Crippen LogP contribution in [0.1, 0.15) is 12.5 Å². The molecule has 3 heteroatoms. The second kappa shape index (κ2) is 3.85. The van der Waals surface area contributed by atoms with E-state index in [1.54, 1.807) is 12.5 Å². The summed E-state index contributed by atoms with van der Waals surface area (Å²) in [6.45, 7) is 4.77. The van der Waals surface area contributed by atoms with Gasteiger partial charge in [-0.25, -0.2) is 9.37 Å². The van der Waals surface area contributed by atoms with Crippen LogP contribution >= 0.6 is 0 Å². The number of aryl methyl sites for hydroxylation is 2. The van der Waals surface area contributed by atoms with Crippen LogP contribution in [0.3, 0.4) is 0 Å². The molecule has 0 aliphatic rings. The Kier molecular flexibility index (Phi) is 2.54. The maximum Gasteiger partial charge on any atom is 0.124 e. The van der Waals surface area contributed by atoms with Crippen LogP contribution in [0.4, 0.5) is 4.39 Å². The van der Waals surface area contributed by atoms with Crippen LogP contribution in [0.25, 0.3) is 11.3 Å². The Morgan fingerprint density at radius 3 is 2.80 bits per heavy atom. The van der Waals surface area contributed by atoms with Crippen molar-refractivity contribution >= 4 is 0 Å². The number of imidazole rings is 1. The van der Waals surface area contributed by atoms with Crippen molar-refractivity contribution in [1.82, 2.24) is 9.55 Å². The predicted octanol–water partition coefficient (Wildman–Crippen LogP) is 3.02. The van der Waals surface area contributed by atoms with Crippen molar-refractivity contribution in [2.24, 2.45) is 0 Å². The van der Waals surface area contributed by atoms with Gasteiger partial charge in [0.2, 0.25) is 0 Å². The van der Waals surface area contributed by atoms with E-state index in [1.807, 2.05) is 24.5 Å². The summed E-state index contributed by atoms with van der Waals surface area (Å²) in [6, 6.07) is 5.03. The van der Waals surface area contributed by atoms with Crippen molar-refractivity contribution in [3.05, 3.63) is 42.1 Å². The Balaban J connectivity index is 2.53. The topological polar surface area (TPSA) is 17.8 Å². The number of halogens is 1. The van der Waals surface area contributed by atoms with Crippen molar-refractivity contribution in [1.29, 1.82) is 0 Å². The van der Waals surface area contributed by atoms with Crippen LogP contribution in [-0.4, -0.2) is 9.55 Å². The van der Waals surface area contributed by atoms with Crippen LogP contribution in [0.2, 0.25) is 0 Å². The molecule has 0 aliphatic heterocycles. The van der Waals surface area contributed by atoms with E-state index in [-0.39, 0.29) is 5.82 Å². The zero-order chi connectivity index (χ0) is 10.8. The number of rotatable bonds is 2. The Bertz CT molecular complexity index is 454. The molecule has 0 radical (unpaired) electrons. The van der Waals surface area contributed by atoms with E-state index < -0.39 is 0 Å². The molecule has 0 N–H and O–H groups in total. The number of aromatic nitrogens is 2. The molecule has 0 bridgehead atoms. The Morgan fingerprint density at radius 2 is 2.13 bits per heavy atom. The van der Waals surface area contributed by atoms with Gasteiger partial charge in [-0.3, -0.25) is 0 Å². The summed E-state index contributed by atoms with van der Waals surface area (Å²) >= 11 is 0. The standard InChI is InChI=1S/C12H13FN2/c1-3-15-8-14-7-12(15)10-4-9(2)5-11(13)6-10/h4-8H,3H2,1-2H3. The molecule has 2 rings (SSSR count). The predicted molar refractivity (Wildman–Crippen MR) is 58.0 cm³/mol. The van der Waals surface area contributed by atoms with E-state index in [9.17, 15) is 4.39 Å². The zero-order valence-electron chi connectivity index (χ0n) is 8.87. The number of hydrogen-bond donors (Lipinski definition) is 0. The molecule has 1 aromatic carbocycles. The molecule has 0 saturated carbocycles.